The van der Waals surface area contributed by atoms with Crippen LogP contribution in [0.15, 0.2) is 34.9 Å². The molecule has 2 spiro atoms. The molecule has 0 aromatic carbocycles. The van der Waals surface area contributed by atoms with E-state index >= 15 is 0 Å². The molecule has 1 unspecified atom stereocenters. The van der Waals surface area contributed by atoms with E-state index in [0.29, 0.717) is 32.7 Å². The number of amides is 1. The average molecular weight is 301 g/mol. The lowest BCUT2D eigenvalue weighted by Crippen LogP contribution is -2.55. The summed E-state index contributed by atoms with van der Waals surface area (Å²) in [4.78, 5) is 14.6. The zero-order valence-corrected chi connectivity index (χ0v) is 12.5. The molecule has 0 saturated carbocycles. The van der Waals surface area contributed by atoms with Crippen molar-refractivity contribution in [1.82, 2.24) is 4.90 Å². The fourth-order valence-corrected chi connectivity index (χ4v) is 4.65. The zero-order valence-electron chi connectivity index (χ0n) is 12.5. The predicted octanol–water partition coefficient (Wildman–Crippen LogP) is 1.66. The first-order valence-electron chi connectivity index (χ1n) is 8.03. The van der Waals surface area contributed by atoms with E-state index < -0.39 is 5.97 Å². The number of rotatable bonds is 0. The molecule has 4 aliphatic heterocycles. The van der Waals surface area contributed by atoms with Gasteiger partial charge < -0.3 is 19.1 Å². The lowest BCUT2D eigenvalue weighted by Gasteiger charge is -2.50. The molecule has 0 aromatic heterocycles. The number of carbonyl (C=O) groups is 1. The van der Waals surface area contributed by atoms with Gasteiger partial charge in [-0.15, -0.1) is 0 Å². The Hall–Kier alpha value is -1.43. The molecule has 0 radical (unpaired) electrons. The lowest BCUT2D eigenvalue weighted by atomic mass is 9.71. The van der Waals surface area contributed by atoms with Gasteiger partial charge in [0.15, 0.2) is 0 Å². The highest BCUT2D eigenvalue weighted by Crippen LogP contribution is 2.53. The van der Waals surface area contributed by atoms with Crippen LogP contribution in [0.4, 0.5) is 0 Å². The van der Waals surface area contributed by atoms with Crippen molar-refractivity contribution in [3.05, 3.63) is 34.9 Å². The van der Waals surface area contributed by atoms with Crippen LogP contribution in [0.25, 0.3) is 0 Å². The minimum atomic E-state index is -0.922. The summed E-state index contributed by atoms with van der Waals surface area (Å²) in [5, 5.41) is 0. The Morgan fingerprint density at radius 1 is 1.18 bits per heavy atom. The molecule has 2 saturated heterocycles. The zero-order chi connectivity index (χ0) is 14.8. The Balaban J connectivity index is 1.64. The van der Waals surface area contributed by atoms with Crippen molar-refractivity contribution in [2.24, 2.45) is 0 Å². The molecule has 4 heterocycles. The van der Waals surface area contributed by atoms with Crippen LogP contribution in [-0.4, -0.2) is 48.7 Å². The molecule has 5 rings (SSSR count). The monoisotopic (exact) mass is 301 g/mol. The first kappa shape index (κ1) is 13.0. The SMILES string of the molecule is O=C1CC2=CC=CCC23C2=C(CCN13)COC1(C2)OCCO1. The smallest absolute Gasteiger partial charge is 0.287 e. The Kier molecular flexibility index (Phi) is 2.56. The van der Waals surface area contributed by atoms with E-state index in [1.165, 1.54) is 16.7 Å². The molecule has 116 valence electrons. The van der Waals surface area contributed by atoms with Gasteiger partial charge in [0.05, 0.1) is 38.2 Å². The number of carbonyl (C=O) groups excluding carboxylic acids is 1. The van der Waals surface area contributed by atoms with Crippen LogP contribution in [0.1, 0.15) is 25.7 Å². The summed E-state index contributed by atoms with van der Waals surface area (Å²) in [6.45, 7) is 2.48. The number of hydrogen-bond donors (Lipinski definition) is 0. The van der Waals surface area contributed by atoms with Gasteiger partial charge in [-0.2, -0.15) is 0 Å². The summed E-state index contributed by atoms with van der Waals surface area (Å²) < 4.78 is 17.4. The summed E-state index contributed by atoms with van der Waals surface area (Å²) in [5.74, 6) is -0.676. The summed E-state index contributed by atoms with van der Waals surface area (Å²) in [5.41, 5.74) is 3.58. The Morgan fingerprint density at radius 3 is 2.91 bits per heavy atom. The van der Waals surface area contributed by atoms with Crippen molar-refractivity contribution in [2.45, 2.75) is 37.2 Å². The third-order valence-corrected chi connectivity index (χ3v) is 5.63. The van der Waals surface area contributed by atoms with Crippen LogP contribution in [-0.2, 0) is 19.0 Å². The van der Waals surface area contributed by atoms with Gasteiger partial charge in [-0.3, -0.25) is 4.79 Å². The van der Waals surface area contributed by atoms with E-state index in [-0.39, 0.29) is 11.4 Å². The molecule has 5 aliphatic rings. The van der Waals surface area contributed by atoms with Gasteiger partial charge in [-0.1, -0.05) is 18.2 Å². The van der Waals surface area contributed by atoms with Crippen LogP contribution in [0.3, 0.4) is 0 Å². The molecular weight excluding hydrogens is 282 g/mol. The molecule has 1 atom stereocenters. The molecule has 1 amide bonds. The molecule has 5 nitrogen and oxygen atoms in total. The van der Waals surface area contributed by atoms with Crippen LogP contribution < -0.4 is 0 Å². The van der Waals surface area contributed by atoms with Crippen LogP contribution in [0.2, 0.25) is 0 Å². The highest BCUT2D eigenvalue weighted by molar-refractivity contribution is 5.87. The number of hydrogen-bond acceptors (Lipinski definition) is 4. The highest BCUT2D eigenvalue weighted by atomic mass is 16.9. The number of ether oxygens (including phenoxy) is 3. The largest absolute Gasteiger partial charge is 0.329 e. The molecule has 0 aromatic rings. The van der Waals surface area contributed by atoms with Gasteiger partial charge in [-0.25, -0.2) is 0 Å². The molecule has 22 heavy (non-hydrogen) atoms. The molecule has 0 N–H and O–H groups in total. The van der Waals surface area contributed by atoms with Gasteiger partial charge in [0.1, 0.15) is 0 Å². The molecular formula is C17H19NO4. The van der Waals surface area contributed by atoms with E-state index in [1.807, 2.05) is 0 Å². The maximum atomic E-state index is 12.5. The Morgan fingerprint density at radius 2 is 2.05 bits per heavy atom. The Labute approximate surface area is 129 Å². The third-order valence-electron chi connectivity index (χ3n) is 5.63. The lowest BCUT2D eigenvalue weighted by molar-refractivity contribution is -0.332. The van der Waals surface area contributed by atoms with E-state index in [9.17, 15) is 4.79 Å². The average Bonchev–Trinajstić information content (AvgIpc) is 3.10. The second-order valence-corrected chi connectivity index (χ2v) is 6.58. The fourth-order valence-electron chi connectivity index (χ4n) is 4.65. The van der Waals surface area contributed by atoms with Crippen LogP contribution in [0.5, 0.6) is 0 Å². The minimum Gasteiger partial charge on any atom is -0.329 e. The van der Waals surface area contributed by atoms with Crippen molar-refractivity contribution in [2.75, 3.05) is 26.4 Å². The standard InChI is InChI=1S/C17H19NO4/c19-15-9-13-3-1-2-5-16(13)14-10-17(20-7-8-21-17)22-11-12(14)4-6-18(15)16/h1-3H,4-11H2. The topological polar surface area (TPSA) is 48.0 Å². The van der Waals surface area contributed by atoms with Crippen LogP contribution >= 0.6 is 0 Å². The fraction of sp³-hybridized carbons (Fsp3) is 0.588. The van der Waals surface area contributed by atoms with Crippen molar-refractivity contribution in [3.63, 3.8) is 0 Å². The van der Waals surface area contributed by atoms with Gasteiger partial charge in [0.25, 0.3) is 5.97 Å². The Bertz CT molecular complexity index is 641. The van der Waals surface area contributed by atoms with E-state index in [2.05, 4.69) is 23.1 Å². The summed E-state index contributed by atoms with van der Waals surface area (Å²) in [6, 6.07) is 0. The first-order valence-corrected chi connectivity index (χ1v) is 8.03. The summed E-state index contributed by atoms with van der Waals surface area (Å²) in [7, 11) is 0. The van der Waals surface area contributed by atoms with Crippen molar-refractivity contribution in [3.8, 4) is 0 Å². The van der Waals surface area contributed by atoms with E-state index in [1.54, 1.807) is 0 Å². The maximum Gasteiger partial charge on any atom is 0.287 e. The van der Waals surface area contributed by atoms with Gasteiger partial charge in [0, 0.05) is 6.54 Å². The number of nitrogens with zero attached hydrogens (tertiary/aromatic N) is 1. The summed E-state index contributed by atoms with van der Waals surface area (Å²) >= 11 is 0. The summed E-state index contributed by atoms with van der Waals surface area (Å²) in [6.07, 6.45) is 9.27. The van der Waals surface area contributed by atoms with Crippen molar-refractivity contribution < 1.29 is 19.0 Å². The van der Waals surface area contributed by atoms with E-state index in [0.717, 1.165) is 19.4 Å². The first-order chi connectivity index (χ1) is 10.7. The molecule has 2 fully saturated rings. The van der Waals surface area contributed by atoms with E-state index in [4.69, 9.17) is 14.2 Å². The van der Waals surface area contributed by atoms with Gasteiger partial charge >= 0.3 is 0 Å². The van der Waals surface area contributed by atoms with Gasteiger partial charge in [0.2, 0.25) is 5.91 Å². The van der Waals surface area contributed by atoms with Gasteiger partial charge in [-0.05, 0) is 29.6 Å². The van der Waals surface area contributed by atoms with Crippen molar-refractivity contribution in [1.29, 1.82) is 0 Å². The molecule has 0 bridgehead atoms. The predicted molar refractivity (Wildman–Crippen MR) is 77.7 cm³/mol. The second kappa shape index (κ2) is 4.31. The normalized spacial score (nSPS) is 35.5. The molecule has 5 heteroatoms. The van der Waals surface area contributed by atoms with Crippen LogP contribution in [0, 0.1) is 0 Å². The minimum absolute atomic E-state index is 0.246. The highest BCUT2D eigenvalue weighted by Gasteiger charge is 2.57. The second-order valence-electron chi connectivity index (χ2n) is 6.58. The van der Waals surface area contributed by atoms with Crippen molar-refractivity contribution >= 4 is 5.91 Å². The maximum absolute atomic E-state index is 12.5. The molecule has 1 aliphatic carbocycles. The third kappa shape index (κ3) is 1.51. The number of allylic oxidation sites excluding steroid dienone is 2. The quantitative estimate of drug-likeness (QED) is 0.639.